The fraction of sp³-hybridized carbons (Fsp3) is 0.412. The maximum Gasteiger partial charge on any atom is 0.133 e. The molecule has 0 unspecified atom stereocenters. The summed E-state index contributed by atoms with van der Waals surface area (Å²) in [6.07, 6.45) is 0.625. The van der Waals surface area contributed by atoms with Gasteiger partial charge in [-0.15, -0.1) is 0 Å². The number of aromatic nitrogens is 2. The molecule has 0 bridgehead atoms. The molecule has 0 aliphatic carbocycles. The van der Waals surface area contributed by atoms with E-state index in [-0.39, 0.29) is 5.82 Å². The lowest BCUT2D eigenvalue weighted by Crippen LogP contribution is -2.23. The summed E-state index contributed by atoms with van der Waals surface area (Å²) in [7, 11) is 0. The van der Waals surface area contributed by atoms with Gasteiger partial charge in [-0.25, -0.2) is 14.4 Å². The molecule has 2 rings (SSSR count). The number of rotatable bonds is 5. The highest BCUT2D eigenvalue weighted by Gasteiger charge is 2.09. The van der Waals surface area contributed by atoms with Gasteiger partial charge in [0, 0.05) is 36.0 Å². The second-order valence-electron chi connectivity index (χ2n) is 5.63. The summed E-state index contributed by atoms with van der Waals surface area (Å²) in [5.41, 5.74) is 4.19. The van der Waals surface area contributed by atoms with E-state index in [1.807, 2.05) is 13.8 Å². The van der Waals surface area contributed by atoms with Crippen molar-refractivity contribution >= 4 is 0 Å². The molecule has 21 heavy (non-hydrogen) atoms. The SMILES string of the molecule is Cc1nc(Cc2ccc(F)cc2)nc(C)c1CNC(C)C. The van der Waals surface area contributed by atoms with Gasteiger partial charge < -0.3 is 5.32 Å². The monoisotopic (exact) mass is 287 g/mol. The first-order valence-corrected chi connectivity index (χ1v) is 7.26. The van der Waals surface area contributed by atoms with E-state index in [1.165, 1.54) is 12.1 Å². The normalized spacial score (nSPS) is 11.1. The predicted molar refractivity (Wildman–Crippen MR) is 82.7 cm³/mol. The molecule has 0 saturated carbocycles. The highest BCUT2D eigenvalue weighted by atomic mass is 19.1. The number of hydrogen-bond donors (Lipinski definition) is 1. The standard InChI is InChI=1S/C17H22FN3/c1-11(2)19-10-16-12(3)20-17(21-13(16)4)9-14-5-7-15(18)8-6-14/h5-8,11,19H,9-10H2,1-4H3. The molecule has 2 aromatic rings. The van der Waals surface area contributed by atoms with Crippen molar-refractivity contribution in [3.63, 3.8) is 0 Å². The number of hydrogen-bond acceptors (Lipinski definition) is 3. The maximum absolute atomic E-state index is 12.9. The smallest absolute Gasteiger partial charge is 0.133 e. The highest BCUT2D eigenvalue weighted by Crippen LogP contribution is 2.13. The molecule has 1 aromatic heterocycles. The molecular weight excluding hydrogens is 265 g/mol. The largest absolute Gasteiger partial charge is 0.310 e. The Balaban J connectivity index is 2.17. The summed E-state index contributed by atoms with van der Waals surface area (Å²) in [5.74, 6) is 0.562. The fourth-order valence-electron chi connectivity index (χ4n) is 2.23. The average molecular weight is 287 g/mol. The van der Waals surface area contributed by atoms with Crippen LogP contribution < -0.4 is 5.32 Å². The Hall–Kier alpha value is -1.81. The molecule has 3 nitrogen and oxygen atoms in total. The summed E-state index contributed by atoms with van der Waals surface area (Å²) >= 11 is 0. The van der Waals surface area contributed by atoms with Crippen LogP contribution in [0.15, 0.2) is 24.3 Å². The molecule has 0 amide bonds. The van der Waals surface area contributed by atoms with Crippen LogP contribution in [0, 0.1) is 19.7 Å². The minimum absolute atomic E-state index is 0.220. The van der Waals surface area contributed by atoms with Gasteiger partial charge in [-0.05, 0) is 31.5 Å². The summed E-state index contributed by atoms with van der Waals surface area (Å²) in [4.78, 5) is 9.17. The Labute approximate surface area is 125 Å². The Morgan fingerprint density at radius 3 is 2.14 bits per heavy atom. The zero-order chi connectivity index (χ0) is 15.4. The number of aryl methyl sites for hydroxylation is 2. The zero-order valence-electron chi connectivity index (χ0n) is 13.1. The topological polar surface area (TPSA) is 37.8 Å². The molecule has 0 fully saturated rings. The first kappa shape index (κ1) is 15.6. The van der Waals surface area contributed by atoms with Crippen LogP contribution in [0.25, 0.3) is 0 Å². The average Bonchev–Trinajstić information content (AvgIpc) is 2.40. The van der Waals surface area contributed by atoms with Gasteiger partial charge in [0.25, 0.3) is 0 Å². The molecule has 0 spiro atoms. The van der Waals surface area contributed by atoms with E-state index < -0.39 is 0 Å². The van der Waals surface area contributed by atoms with E-state index in [0.29, 0.717) is 12.5 Å². The number of halogens is 1. The van der Waals surface area contributed by atoms with E-state index >= 15 is 0 Å². The number of nitrogens with zero attached hydrogens (tertiary/aromatic N) is 2. The molecular formula is C17H22FN3. The quantitative estimate of drug-likeness (QED) is 0.916. The van der Waals surface area contributed by atoms with E-state index in [1.54, 1.807) is 12.1 Å². The van der Waals surface area contributed by atoms with Crippen molar-refractivity contribution < 1.29 is 4.39 Å². The molecule has 4 heteroatoms. The van der Waals surface area contributed by atoms with Gasteiger partial charge in [-0.1, -0.05) is 26.0 Å². The lowest BCUT2D eigenvalue weighted by atomic mass is 10.1. The number of nitrogens with one attached hydrogen (secondary N) is 1. The Kier molecular flexibility index (Phi) is 5.02. The summed E-state index contributed by atoms with van der Waals surface area (Å²) in [6.45, 7) is 9.05. The second kappa shape index (κ2) is 6.76. The van der Waals surface area contributed by atoms with Crippen molar-refractivity contribution in [2.75, 3.05) is 0 Å². The molecule has 1 heterocycles. The molecule has 1 aromatic carbocycles. The Morgan fingerprint density at radius 2 is 1.62 bits per heavy atom. The molecule has 0 radical (unpaired) electrons. The summed E-state index contributed by atoms with van der Waals surface area (Å²) in [6, 6.07) is 6.92. The minimum Gasteiger partial charge on any atom is -0.310 e. The molecule has 0 atom stereocenters. The van der Waals surface area contributed by atoms with Crippen molar-refractivity contribution in [1.82, 2.24) is 15.3 Å². The van der Waals surface area contributed by atoms with E-state index in [0.717, 1.165) is 34.9 Å². The maximum atomic E-state index is 12.9. The third-order valence-corrected chi connectivity index (χ3v) is 3.43. The Morgan fingerprint density at radius 1 is 1.05 bits per heavy atom. The van der Waals surface area contributed by atoms with Crippen molar-refractivity contribution in [3.8, 4) is 0 Å². The first-order valence-electron chi connectivity index (χ1n) is 7.26. The van der Waals surface area contributed by atoms with Crippen LogP contribution in [0.2, 0.25) is 0 Å². The van der Waals surface area contributed by atoms with Crippen molar-refractivity contribution in [1.29, 1.82) is 0 Å². The van der Waals surface area contributed by atoms with Crippen LogP contribution in [0.4, 0.5) is 4.39 Å². The minimum atomic E-state index is -0.220. The molecule has 0 aliphatic heterocycles. The van der Waals surface area contributed by atoms with Crippen LogP contribution >= 0.6 is 0 Å². The third-order valence-electron chi connectivity index (χ3n) is 3.43. The van der Waals surface area contributed by atoms with E-state index in [2.05, 4.69) is 29.1 Å². The Bertz CT molecular complexity index is 583. The molecule has 0 saturated heterocycles. The molecule has 112 valence electrons. The van der Waals surface area contributed by atoms with Crippen molar-refractivity contribution in [2.45, 2.75) is 46.7 Å². The first-order chi connectivity index (χ1) is 9.95. The van der Waals surface area contributed by atoms with E-state index in [9.17, 15) is 4.39 Å². The van der Waals surface area contributed by atoms with Gasteiger partial charge in [0.1, 0.15) is 11.6 Å². The lowest BCUT2D eigenvalue weighted by molar-refractivity contribution is 0.582. The van der Waals surface area contributed by atoms with Gasteiger partial charge in [0.05, 0.1) is 0 Å². The second-order valence-corrected chi connectivity index (χ2v) is 5.63. The van der Waals surface area contributed by atoms with Gasteiger partial charge in [-0.2, -0.15) is 0 Å². The number of benzene rings is 1. The van der Waals surface area contributed by atoms with Gasteiger partial charge in [0.2, 0.25) is 0 Å². The molecule has 0 aliphatic rings. The van der Waals surface area contributed by atoms with Gasteiger partial charge in [0.15, 0.2) is 0 Å². The van der Waals surface area contributed by atoms with Crippen molar-refractivity contribution in [2.24, 2.45) is 0 Å². The zero-order valence-corrected chi connectivity index (χ0v) is 13.1. The third kappa shape index (κ3) is 4.33. The van der Waals surface area contributed by atoms with Crippen LogP contribution in [0.5, 0.6) is 0 Å². The van der Waals surface area contributed by atoms with Crippen LogP contribution in [-0.4, -0.2) is 16.0 Å². The van der Waals surface area contributed by atoms with Crippen molar-refractivity contribution in [3.05, 3.63) is 58.4 Å². The highest BCUT2D eigenvalue weighted by molar-refractivity contribution is 5.26. The summed E-state index contributed by atoms with van der Waals surface area (Å²) < 4.78 is 12.9. The van der Waals surface area contributed by atoms with Crippen LogP contribution in [0.3, 0.4) is 0 Å². The predicted octanol–water partition coefficient (Wildman–Crippen LogP) is 3.32. The molecule has 1 N–H and O–H groups in total. The van der Waals surface area contributed by atoms with Crippen LogP contribution in [-0.2, 0) is 13.0 Å². The van der Waals surface area contributed by atoms with Gasteiger partial charge >= 0.3 is 0 Å². The lowest BCUT2D eigenvalue weighted by Gasteiger charge is -2.13. The van der Waals surface area contributed by atoms with Gasteiger partial charge in [-0.3, -0.25) is 0 Å². The summed E-state index contributed by atoms with van der Waals surface area (Å²) in [5, 5.41) is 3.40. The fourth-order valence-corrected chi connectivity index (χ4v) is 2.23. The van der Waals surface area contributed by atoms with Crippen LogP contribution in [0.1, 0.15) is 42.2 Å². The van der Waals surface area contributed by atoms with E-state index in [4.69, 9.17) is 0 Å².